The number of hydrogen-bond acceptors (Lipinski definition) is 3. The summed E-state index contributed by atoms with van der Waals surface area (Å²) in [7, 11) is 0. The van der Waals surface area contributed by atoms with Gasteiger partial charge in [0.1, 0.15) is 0 Å². The second-order valence-electron chi connectivity index (χ2n) is 4.76. The number of imidazole rings is 1. The predicted molar refractivity (Wildman–Crippen MR) is 67.6 cm³/mol. The van der Waals surface area contributed by atoms with Crippen molar-refractivity contribution in [2.45, 2.75) is 50.2 Å². The van der Waals surface area contributed by atoms with Crippen LogP contribution in [0.5, 0.6) is 0 Å². The Morgan fingerprint density at radius 1 is 1.65 bits per heavy atom. The molecule has 5 heteroatoms. The second kappa shape index (κ2) is 5.12. The van der Waals surface area contributed by atoms with Gasteiger partial charge in [-0.2, -0.15) is 0 Å². The van der Waals surface area contributed by atoms with Gasteiger partial charge in [0, 0.05) is 17.9 Å². The Morgan fingerprint density at radius 2 is 2.35 bits per heavy atom. The summed E-state index contributed by atoms with van der Waals surface area (Å²) in [6.07, 6.45) is 5.55. The molecule has 2 rings (SSSR count). The van der Waals surface area contributed by atoms with E-state index in [4.69, 9.17) is 5.11 Å². The Bertz CT molecular complexity index is 411. The van der Waals surface area contributed by atoms with Crippen LogP contribution in [0.25, 0.3) is 0 Å². The fraction of sp³-hybridized carbons (Fsp3) is 0.667. The molecule has 94 valence electrons. The summed E-state index contributed by atoms with van der Waals surface area (Å²) in [5.74, 6) is -0.270. The molecule has 1 aliphatic rings. The summed E-state index contributed by atoms with van der Waals surface area (Å²) in [6.45, 7) is 4.30. The van der Waals surface area contributed by atoms with Gasteiger partial charge in [-0.05, 0) is 25.2 Å². The molecule has 0 amide bonds. The Balaban J connectivity index is 2.21. The highest BCUT2D eigenvalue weighted by Gasteiger charge is 2.25. The maximum Gasteiger partial charge on any atom is 0.313 e. The molecule has 0 spiro atoms. The van der Waals surface area contributed by atoms with Crippen molar-refractivity contribution in [3.8, 4) is 0 Å². The van der Waals surface area contributed by atoms with E-state index in [0.29, 0.717) is 12.0 Å². The third kappa shape index (κ3) is 2.65. The second-order valence-corrected chi connectivity index (χ2v) is 5.70. The Labute approximate surface area is 105 Å². The number of aromatic nitrogens is 2. The molecule has 1 aliphatic carbocycles. The zero-order valence-corrected chi connectivity index (χ0v) is 11.0. The zero-order chi connectivity index (χ0) is 12.4. The number of carbonyl (C=O) groups is 1. The fourth-order valence-electron chi connectivity index (χ4n) is 2.03. The smallest absolute Gasteiger partial charge is 0.313 e. The van der Waals surface area contributed by atoms with Crippen molar-refractivity contribution in [1.82, 2.24) is 9.55 Å². The molecule has 1 heterocycles. The van der Waals surface area contributed by atoms with Crippen LogP contribution in [-0.2, 0) is 4.79 Å². The molecule has 1 saturated carbocycles. The Hall–Kier alpha value is -0.970. The van der Waals surface area contributed by atoms with Crippen molar-refractivity contribution in [1.29, 1.82) is 0 Å². The van der Waals surface area contributed by atoms with Crippen molar-refractivity contribution in [3.05, 3.63) is 11.9 Å². The first kappa shape index (κ1) is 12.5. The van der Waals surface area contributed by atoms with E-state index in [0.717, 1.165) is 5.16 Å². The molecule has 0 aliphatic heterocycles. The molecule has 0 aromatic carbocycles. The van der Waals surface area contributed by atoms with E-state index in [1.54, 1.807) is 0 Å². The van der Waals surface area contributed by atoms with Gasteiger partial charge in [-0.1, -0.05) is 25.6 Å². The van der Waals surface area contributed by atoms with Crippen LogP contribution in [0, 0.1) is 0 Å². The van der Waals surface area contributed by atoms with Crippen molar-refractivity contribution in [3.63, 3.8) is 0 Å². The van der Waals surface area contributed by atoms with Crippen LogP contribution < -0.4 is 0 Å². The molecular formula is C12H18N2O2S. The summed E-state index contributed by atoms with van der Waals surface area (Å²) in [4.78, 5) is 15.0. The first-order chi connectivity index (χ1) is 8.09. The third-order valence-corrected chi connectivity index (χ3v) is 4.10. The molecular weight excluding hydrogens is 236 g/mol. The van der Waals surface area contributed by atoms with Gasteiger partial charge in [-0.25, -0.2) is 4.98 Å². The first-order valence-electron chi connectivity index (χ1n) is 6.01. The largest absolute Gasteiger partial charge is 0.481 e. The summed E-state index contributed by atoms with van der Waals surface area (Å²) < 4.78 is 2.25. The SMILES string of the molecule is CC(C)c1cnc(SCC(=O)O)n1C1CCC1. The molecule has 17 heavy (non-hydrogen) atoms. The van der Waals surface area contributed by atoms with Gasteiger partial charge in [-0.3, -0.25) is 4.79 Å². The number of nitrogens with zero attached hydrogens (tertiary/aromatic N) is 2. The summed E-state index contributed by atoms with van der Waals surface area (Å²) >= 11 is 1.32. The van der Waals surface area contributed by atoms with Crippen molar-refractivity contribution >= 4 is 17.7 Å². The monoisotopic (exact) mass is 254 g/mol. The summed E-state index contributed by atoms with van der Waals surface area (Å²) in [5, 5.41) is 9.60. The summed E-state index contributed by atoms with van der Waals surface area (Å²) in [6, 6.07) is 0.534. The Kier molecular flexibility index (Phi) is 3.76. The van der Waals surface area contributed by atoms with Gasteiger partial charge in [0.15, 0.2) is 5.16 Å². The van der Waals surface area contributed by atoms with Gasteiger partial charge in [0.2, 0.25) is 0 Å². The molecule has 0 radical (unpaired) electrons. The van der Waals surface area contributed by atoms with Crippen LogP contribution in [0.4, 0.5) is 0 Å². The minimum atomic E-state index is -0.788. The van der Waals surface area contributed by atoms with E-state index in [9.17, 15) is 4.79 Å². The van der Waals surface area contributed by atoms with E-state index in [-0.39, 0.29) is 5.75 Å². The van der Waals surface area contributed by atoms with Gasteiger partial charge >= 0.3 is 5.97 Å². The zero-order valence-electron chi connectivity index (χ0n) is 10.2. The average molecular weight is 254 g/mol. The van der Waals surface area contributed by atoms with Crippen molar-refractivity contribution in [2.24, 2.45) is 0 Å². The lowest BCUT2D eigenvalue weighted by atomic mass is 9.92. The van der Waals surface area contributed by atoms with Crippen LogP contribution in [0.1, 0.15) is 50.8 Å². The molecule has 0 bridgehead atoms. The third-order valence-electron chi connectivity index (χ3n) is 3.15. The highest BCUT2D eigenvalue weighted by atomic mass is 32.2. The number of rotatable bonds is 5. The average Bonchev–Trinajstić information content (AvgIpc) is 2.56. The minimum Gasteiger partial charge on any atom is -0.481 e. The number of aliphatic carboxylic acids is 1. The first-order valence-corrected chi connectivity index (χ1v) is 7.00. The van der Waals surface area contributed by atoms with Gasteiger partial charge in [-0.15, -0.1) is 0 Å². The molecule has 1 N–H and O–H groups in total. The predicted octanol–water partition coefficient (Wildman–Crippen LogP) is 2.91. The molecule has 0 unspecified atom stereocenters. The van der Waals surface area contributed by atoms with Gasteiger partial charge in [0.05, 0.1) is 5.75 Å². The standard InChI is InChI=1S/C12H18N2O2S/c1-8(2)10-6-13-12(17-7-11(15)16)14(10)9-4-3-5-9/h6,8-9H,3-5,7H2,1-2H3,(H,15,16). The number of carboxylic acid groups (broad SMARTS) is 1. The van der Waals surface area contributed by atoms with Crippen molar-refractivity contribution in [2.75, 3.05) is 5.75 Å². The maximum absolute atomic E-state index is 10.6. The van der Waals surface area contributed by atoms with Gasteiger partial charge in [0.25, 0.3) is 0 Å². The van der Waals surface area contributed by atoms with E-state index < -0.39 is 5.97 Å². The van der Waals surface area contributed by atoms with E-state index >= 15 is 0 Å². The number of hydrogen-bond donors (Lipinski definition) is 1. The Morgan fingerprint density at radius 3 is 2.82 bits per heavy atom. The highest BCUT2D eigenvalue weighted by Crippen LogP contribution is 2.37. The van der Waals surface area contributed by atoms with E-state index in [1.807, 2.05) is 6.20 Å². The topological polar surface area (TPSA) is 55.1 Å². The molecule has 1 aromatic heterocycles. The molecule has 0 atom stereocenters. The summed E-state index contributed by atoms with van der Waals surface area (Å²) in [5.41, 5.74) is 1.22. The van der Waals surface area contributed by atoms with Crippen LogP contribution in [0.3, 0.4) is 0 Å². The quantitative estimate of drug-likeness (QED) is 0.821. The van der Waals surface area contributed by atoms with Crippen molar-refractivity contribution < 1.29 is 9.90 Å². The van der Waals surface area contributed by atoms with Crippen LogP contribution in [0.15, 0.2) is 11.4 Å². The lowest BCUT2D eigenvalue weighted by Crippen LogP contribution is -2.20. The maximum atomic E-state index is 10.6. The van der Waals surface area contributed by atoms with Crippen LogP contribution in [0.2, 0.25) is 0 Å². The van der Waals surface area contributed by atoms with E-state index in [2.05, 4.69) is 23.4 Å². The molecule has 0 saturated heterocycles. The number of thioether (sulfide) groups is 1. The van der Waals surface area contributed by atoms with E-state index in [1.165, 1.54) is 36.7 Å². The van der Waals surface area contributed by atoms with Crippen LogP contribution >= 0.6 is 11.8 Å². The normalized spacial score (nSPS) is 16.2. The lowest BCUT2D eigenvalue weighted by molar-refractivity contribution is -0.133. The number of carboxylic acids is 1. The fourth-order valence-corrected chi connectivity index (χ4v) is 2.80. The molecule has 1 fully saturated rings. The minimum absolute atomic E-state index is 0.0846. The molecule has 4 nitrogen and oxygen atoms in total. The highest BCUT2D eigenvalue weighted by molar-refractivity contribution is 7.99. The van der Waals surface area contributed by atoms with Crippen LogP contribution in [-0.4, -0.2) is 26.4 Å². The molecule has 1 aromatic rings. The lowest BCUT2D eigenvalue weighted by Gasteiger charge is -2.30. The van der Waals surface area contributed by atoms with Gasteiger partial charge < -0.3 is 9.67 Å².